The van der Waals surface area contributed by atoms with E-state index < -0.39 is 5.82 Å². The third kappa shape index (κ3) is 2.71. The molecule has 1 heterocycles. The number of amides is 1. The minimum Gasteiger partial charge on any atom is -0.389 e. The molecular formula is C12H13BrFN3OS. The second kappa shape index (κ2) is 5.42. The molecule has 1 amide bonds. The first-order valence-electron chi connectivity index (χ1n) is 5.68. The number of nitrogens with two attached hydrogens (primary N) is 1. The topological polar surface area (TPSA) is 49.6 Å². The molecule has 19 heavy (non-hydrogen) atoms. The molecule has 0 aliphatic carbocycles. The molecule has 2 rings (SSSR count). The summed E-state index contributed by atoms with van der Waals surface area (Å²) in [5, 5.41) is 0. The Morgan fingerprint density at radius 3 is 2.74 bits per heavy atom. The Balaban J connectivity index is 2.34. The van der Waals surface area contributed by atoms with Crippen molar-refractivity contribution in [1.82, 2.24) is 4.90 Å². The van der Waals surface area contributed by atoms with Gasteiger partial charge >= 0.3 is 0 Å². The van der Waals surface area contributed by atoms with E-state index in [9.17, 15) is 9.18 Å². The molecule has 0 aromatic heterocycles. The van der Waals surface area contributed by atoms with Gasteiger partial charge in [0.1, 0.15) is 4.99 Å². The molecule has 0 bridgehead atoms. The van der Waals surface area contributed by atoms with Crippen molar-refractivity contribution in [2.75, 3.05) is 31.6 Å². The number of benzene rings is 1. The number of carbonyl (C=O) groups is 1. The third-order valence-corrected chi connectivity index (χ3v) is 4.12. The normalized spacial score (nSPS) is 15.8. The Hall–Kier alpha value is -1.21. The minimum atomic E-state index is -0.442. The lowest BCUT2D eigenvalue weighted by molar-refractivity contribution is -0.129. The molecule has 1 aromatic carbocycles. The molecule has 1 saturated heterocycles. The second-order valence-corrected chi connectivity index (χ2v) is 5.59. The molecule has 2 N–H and O–H groups in total. The highest BCUT2D eigenvalue weighted by atomic mass is 79.9. The summed E-state index contributed by atoms with van der Waals surface area (Å²) in [6, 6.07) is 3.26. The van der Waals surface area contributed by atoms with Crippen molar-refractivity contribution in [3.05, 3.63) is 28.0 Å². The number of hydrogen-bond donors (Lipinski definition) is 1. The summed E-state index contributed by atoms with van der Waals surface area (Å²) >= 11 is 8.01. The zero-order valence-electron chi connectivity index (χ0n) is 10.3. The zero-order valence-corrected chi connectivity index (χ0v) is 12.7. The molecule has 0 spiro atoms. The van der Waals surface area contributed by atoms with Crippen LogP contribution in [0.3, 0.4) is 0 Å². The zero-order chi connectivity index (χ0) is 14.2. The van der Waals surface area contributed by atoms with Crippen molar-refractivity contribution in [2.45, 2.75) is 0 Å². The maximum Gasteiger partial charge on any atom is 0.241 e. The first-order chi connectivity index (χ1) is 8.91. The lowest BCUT2D eigenvalue weighted by atomic mass is 10.1. The largest absolute Gasteiger partial charge is 0.389 e. The fraction of sp³-hybridized carbons (Fsp3) is 0.333. The van der Waals surface area contributed by atoms with E-state index >= 15 is 0 Å². The fourth-order valence-electron chi connectivity index (χ4n) is 1.94. The van der Waals surface area contributed by atoms with E-state index in [-0.39, 0.29) is 21.9 Å². The SMILES string of the molecule is CN1CCN(c2ccc(C(N)=S)c(Br)c2F)CC1=O. The third-order valence-electron chi connectivity index (χ3n) is 3.13. The minimum absolute atomic E-state index is 0.0276. The van der Waals surface area contributed by atoms with Gasteiger partial charge in [-0.25, -0.2) is 4.39 Å². The van der Waals surface area contributed by atoms with Crippen LogP contribution in [0.5, 0.6) is 0 Å². The summed E-state index contributed by atoms with van der Waals surface area (Å²) in [5.74, 6) is -0.470. The number of likely N-dealkylation sites (N-methyl/N-ethyl adjacent to an activating group) is 1. The predicted molar refractivity (Wildman–Crippen MR) is 79.8 cm³/mol. The Morgan fingerprint density at radius 2 is 2.16 bits per heavy atom. The van der Waals surface area contributed by atoms with Crippen LogP contribution >= 0.6 is 28.1 Å². The van der Waals surface area contributed by atoms with Crippen LogP contribution < -0.4 is 10.6 Å². The van der Waals surface area contributed by atoms with E-state index in [0.717, 1.165) is 0 Å². The number of thiocarbonyl (C=S) groups is 1. The van der Waals surface area contributed by atoms with Gasteiger partial charge in [-0.2, -0.15) is 0 Å². The summed E-state index contributed by atoms with van der Waals surface area (Å²) in [6.45, 7) is 1.34. The van der Waals surface area contributed by atoms with Crippen LogP contribution in [0, 0.1) is 5.82 Å². The molecule has 1 aliphatic heterocycles. The van der Waals surface area contributed by atoms with Crippen LogP contribution in [0.15, 0.2) is 16.6 Å². The predicted octanol–water partition coefficient (Wildman–Crippen LogP) is 1.50. The molecule has 1 aliphatic rings. The molecule has 1 aromatic rings. The molecule has 7 heteroatoms. The number of halogens is 2. The molecule has 0 atom stereocenters. The Labute approximate surface area is 124 Å². The maximum atomic E-state index is 14.3. The van der Waals surface area contributed by atoms with Gasteiger partial charge in [-0.05, 0) is 28.1 Å². The fourth-order valence-corrected chi connectivity index (χ4v) is 2.79. The highest BCUT2D eigenvalue weighted by Crippen LogP contribution is 2.30. The van der Waals surface area contributed by atoms with Gasteiger partial charge in [-0.15, -0.1) is 0 Å². The van der Waals surface area contributed by atoms with E-state index in [1.807, 2.05) is 0 Å². The lowest BCUT2D eigenvalue weighted by Crippen LogP contribution is -2.48. The van der Waals surface area contributed by atoms with Crippen molar-refractivity contribution >= 4 is 44.7 Å². The van der Waals surface area contributed by atoms with Crippen LogP contribution in [0.4, 0.5) is 10.1 Å². The van der Waals surface area contributed by atoms with Crippen molar-refractivity contribution in [2.24, 2.45) is 5.73 Å². The summed E-state index contributed by atoms with van der Waals surface area (Å²) in [4.78, 5) is 15.1. The molecule has 102 valence electrons. The van der Waals surface area contributed by atoms with Crippen molar-refractivity contribution in [1.29, 1.82) is 0 Å². The van der Waals surface area contributed by atoms with Gasteiger partial charge in [-0.3, -0.25) is 4.79 Å². The van der Waals surface area contributed by atoms with Crippen LogP contribution in [0.2, 0.25) is 0 Å². The highest BCUT2D eigenvalue weighted by Gasteiger charge is 2.24. The Bertz CT molecular complexity index is 552. The number of anilines is 1. The molecule has 0 saturated carbocycles. The number of carbonyl (C=O) groups excluding carboxylic acids is 1. The number of hydrogen-bond acceptors (Lipinski definition) is 3. The average molecular weight is 346 g/mol. The Kier molecular flexibility index (Phi) is 4.05. The lowest BCUT2D eigenvalue weighted by Gasteiger charge is -2.33. The van der Waals surface area contributed by atoms with E-state index in [0.29, 0.717) is 24.3 Å². The first kappa shape index (κ1) is 14.2. The van der Waals surface area contributed by atoms with E-state index in [4.69, 9.17) is 18.0 Å². The monoisotopic (exact) mass is 345 g/mol. The van der Waals surface area contributed by atoms with Gasteiger partial charge in [0.15, 0.2) is 5.82 Å². The standard InChI is InChI=1S/C12H13BrFN3OS/c1-16-4-5-17(6-9(16)18)8-3-2-7(12(15)19)10(13)11(8)14/h2-3H,4-6H2,1H3,(H2,15,19). The average Bonchev–Trinajstić information content (AvgIpc) is 2.36. The Morgan fingerprint density at radius 1 is 1.47 bits per heavy atom. The maximum absolute atomic E-state index is 14.3. The summed E-state index contributed by atoms with van der Waals surface area (Å²) in [5.41, 5.74) is 6.35. The van der Waals surface area contributed by atoms with Gasteiger partial charge in [0.25, 0.3) is 0 Å². The van der Waals surface area contributed by atoms with Crippen LogP contribution in [0.25, 0.3) is 0 Å². The van der Waals surface area contributed by atoms with Crippen LogP contribution in [-0.4, -0.2) is 42.5 Å². The first-order valence-corrected chi connectivity index (χ1v) is 6.88. The van der Waals surface area contributed by atoms with Crippen molar-refractivity contribution < 1.29 is 9.18 Å². The molecule has 0 radical (unpaired) electrons. The summed E-state index contributed by atoms with van der Waals surface area (Å²) < 4.78 is 14.5. The number of nitrogens with zero attached hydrogens (tertiary/aromatic N) is 2. The summed E-state index contributed by atoms with van der Waals surface area (Å²) in [6.07, 6.45) is 0. The van der Waals surface area contributed by atoms with Crippen molar-refractivity contribution in [3.8, 4) is 0 Å². The summed E-state index contributed by atoms with van der Waals surface area (Å²) in [7, 11) is 1.74. The number of piperazine rings is 1. The van der Waals surface area contributed by atoms with E-state index in [2.05, 4.69) is 15.9 Å². The molecule has 1 fully saturated rings. The highest BCUT2D eigenvalue weighted by molar-refractivity contribution is 9.10. The second-order valence-electron chi connectivity index (χ2n) is 4.36. The van der Waals surface area contributed by atoms with Gasteiger partial charge in [-0.1, -0.05) is 12.2 Å². The molecular weight excluding hydrogens is 333 g/mol. The smallest absolute Gasteiger partial charge is 0.241 e. The van der Waals surface area contributed by atoms with Crippen LogP contribution in [-0.2, 0) is 4.79 Å². The van der Waals surface area contributed by atoms with Gasteiger partial charge in [0.2, 0.25) is 5.91 Å². The van der Waals surface area contributed by atoms with Gasteiger partial charge in [0.05, 0.1) is 16.7 Å². The van der Waals surface area contributed by atoms with Crippen LogP contribution in [0.1, 0.15) is 5.56 Å². The van der Waals surface area contributed by atoms with E-state index in [1.165, 1.54) is 0 Å². The molecule has 0 unspecified atom stereocenters. The van der Waals surface area contributed by atoms with Gasteiger partial charge < -0.3 is 15.5 Å². The molecule has 4 nitrogen and oxygen atoms in total. The van der Waals surface area contributed by atoms with Gasteiger partial charge in [0, 0.05) is 25.7 Å². The van der Waals surface area contributed by atoms with Crippen molar-refractivity contribution in [3.63, 3.8) is 0 Å². The quantitative estimate of drug-likeness (QED) is 0.825. The van der Waals surface area contributed by atoms with E-state index in [1.54, 1.807) is 29.0 Å². The number of rotatable bonds is 2.